The van der Waals surface area contributed by atoms with Crippen LogP contribution in [0.3, 0.4) is 0 Å². The van der Waals surface area contributed by atoms with Gasteiger partial charge in [0.15, 0.2) is 0 Å². The molecule has 0 bridgehead atoms. The van der Waals surface area contributed by atoms with E-state index in [0.717, 1.165) is 11.1 Å². The fraction of sp³-hybridized carbons (Fsp3) is 0.286. The van der Waals surface area contributed by atoms with Gasteiger partial charge in [-0.05, 0) is 18.1 Å². The largest absolute Gasteiger partial charge is 0.412 e. The summed E-state index contributed by atoms with van der Waals surface area (Å²) in [7, 11) is 0. The minimum absolute atomic E-state index is 0.257. The highest BCUT2D eigenvalue weighted by Crippen LogP contribution is 2.30. The van der Waals surface area contributed by atoms with E-state index in [2.05, 4.69) is 0 Å². The Hall–Kier alpha value is -1.71. The number of nitrogens with zero attached hydrogens (tertiary/aromatic N) is 1. The van der Waals surface area contributed by atoms with Crippen LogP contribution in [0.1, 0.15) is 12.5 Å². The maximum absolute atomic E-state index is 12.9. The van der Waals surface area contributed by atoms with Crippen LogP contribution in [0.15, 0.2) is 54.3 Å². The number of allylic oxidation sites excluding steroid dienone is 2. The van der Waals surface area contributed by atoms with Gasteiger partial charge in [0.2, 0.25) is 0 Å². The number of hydrogen-bond donors (Lipinski definition) is 0. The Balaban J connectivity index is 2.20. The highest BCUT2D eigenvalue weighted by Gasteiger charge is 2.41. The molecule has 1 aliphatic heterocycles. The van der Waals surface area contributed by atoms with Crippen molar-refractivity contribution in [2.75, 3.05) is 0 Å². The maximum atomic E-state index is 12.9. The summed E-state index contributed by atoms with van der Waals surface area (Å²) in [6.07, 6.45) is 0.0333. The van der Waals surface area contributed by atoms with Crippen molar-refractivity contribution >= 4 is 0 Å². The van der Waals surface area contributed by atoms with E-state index >= 15 is 0 Å². The minimum atomic E-state index is -4.25. The fourth-order valence-electron chi connectivity index (χ4n) is 1.97. The van der Waals surface area contributed by atoms with Crippen molar-refractivity contribution in [2.45, 2.75) is 25.7 Å². The molecular formula is C14H14F3N. The second kappa shape index (κ2) is 4.88. The second-order valence-electron chi connectivity index (χ2n) is 4.38. The van der Waals surface area contributed by atoms with E-state index < -0.39 is 12.2 Å². The van der Waals surface area contributed by atoms with Crippen LogP contribution in [-0.2, 0) is 6.54 Å². The summed E-state index contributed by atoms with van der Waals surface area (Å²) >= 11 is 0. The van der Waals surface area contributed by atoms with Crippen LogP contribution in [0.25, 0.3) is 0 Å². The van der Waals surface area contributed by atoms with Crippen molar-refractivity contribution in [3.63, 3.8) is 0 Å². The standard InChI is InChI=1S/C14H14F3N/c1-11-7-8-13(14(15,16)17)18(9-11)10-12-5-3-2-4-6-12/h2-9,13H,10H2,1H3. The predicted molar refractivity (Wildman–Crippen MR) is 64.7 cm³/mol. The Bertz CT molecular complexity index is 460. The van der Waals surface area contributed by atoms with Gasteiger partial charge in [-0.2, -0.15) is 13.2 Å². The lowest BCUT2D eigenvalue weighted by Crippen LogP contribution is -2.42. The zero-order valence-electron chi connectivity index (χ0n) is 9.98. The summed E-state index contributed by atoms with van der Waals surface area (Å²) in [5, 5.41) is 0. The fourth-order valence-corrected chi connectivity index (χ4v) is 1.97. The quantitative estimate of drug-likeness (QED) is 0.772. The van der Waals surface area contributed by atoms with Gasteiger partial charge in [0.05, 0.1) is 0 Å². The van der Waals surface area contributed by atoms with Crippen molar-refractivity contribution in [3.8, 4) is 0 Å². The summed E-state index contributed by atoms with van der Waals surface area (Å²) < 4.78 is 38.7. The van der Waals surface area contributed by atoms with E-state index in [1.165, 1.54) is 17.1 Å². The molecular weight excluding hydrogens is 239 g/mol. The van der Waals surface area contributed by atoms with Crippen molar-refractivity contribution in [1.29, 1.82) is 0 Å². The van der Waals surface area contributed by atoms with Gasteiger partial charge in [0.25, 0.3) is 0 Å². The van der Waals surface area contributed by atoms with E-state index in [-0.39, 0.29) is 6.54 Å². The molecule has 1 aromatic carbocycles. The average Bonchev–Trinajstić information content (AvgIpc) is 2.28. The van der Waals surface area contributed by atoms with E-state index in [1.54, 1.807) is 13.1 Å². The molecule has 0 amide bonds. The Morgan fingerprint density at radius 2 is 1.83 bits per heavy atom. The molecule has 0 spiro atoms. The zero-order chi connectivity index (χ0) is 13.2. The smallest absolute Gasteiger partial charge is 0.358 e. The molecule has 1 atom stereocenters. The number of rotatable bonds is 2. The first-order valence-corrected chi connectivity index (χ1v) is 5.70. The third-order valence-corrected chi connectivity index (χ3v) is 2.81. The van der Waals surface area contributed by atoms with Crippen LogP contribution in [0.2, 0.25) is 0 Å². The summed E-state index contributed by atoms with van der Waals surface area (Å²) in [5.41, 5.74) is 1.69. The monoisotopic (exact) mass is 253 g/mol. The number of benzene rings is 1. The van der Waals surface area contributed by atoms with Crippen LogP contribution in [0, 0.1) is 0 Å². The van der Waals surface area contributed by atoms with Gasteiger partial charge in [-0.15, -0.1) is 0 Å². The van der Waals surface area contributed by atoms with E-state index in [4.69, 9.17) is 0 Å². The molecule has 0 aliphatic carbocycles. The molecule has 0 saturated heterocycles. The van der Waals surface area contributed by atoms with E-state index in [9.17, 15) is 13.2 Å². The molecule has 0 saturated carbocycles. The topological polar surface area (TPSA) is 3.24 Å². The SMILES string of the molecule is CC1=CN(Cc2ccccc2)C(C(F)(F)F)C=C1. The molecule has 1 aromatic rings. The maximum Gasteiger partial charge on any atom is 0.412 e. The van der Waals surface area contributed by atoms with Gasteiger partial charge in [0.1, 0.15) is 6.04 Å². The van der Waals surface area contributed by atoms with Crippen LogP contribution in [-0.4, -0.2) is 17.1 Å². The molecule has 0 fully saturated rings. The molecule has 0 N–H and O–H groups in total. The lowest BCUT2D eigenvalue weighted by Gasteiger charge is -2.33. The molecule has 1 aliphatic rings. The molecule has 2 rings (SSSR count). The average molecular weight is 253 g/mol. The van der Waals surface area contributed by atoms with Gasteiger partial charge in [-0.3, -0.25) is 0 Å². The van der Waals surface area contributed by atoms with Crippen LogP contribution >= 0.6 is 0 Å². The molecule has 0 radical (unpaired) electrons. The number of halogens is 3. The summed E-state index contributed by atoms with van der Waals surface area (Å²) in [4.78, 5) is 1.32. The predicted octanol–water partition coefficient (Wildman–Crippen LogP) is 3.89. The van der Waals surface area contributed by atoms with Gasteiger partial charge < -0.3 is 4.90 Å². The van der Waals surface area contributed by atoms with Crippen molar-refractivity contribution in [1.82, 2.24) is 4.90 Å². The van der Waals surface area contributed by atoms with Gasteiger partial charge >= 0.3 is 6.18 Å². The van der Waals surface area contributed by atoms with E-state index in [1.807, 2.05) is 30.3 Å². The Labute approximate surface area is 104 Å². The highest BCUT2D eigenvalue weighted by molar-refractivity contribution is 5.25. The first-order valence-electron chi connectivity index (χ1n) is 5.70. The number of alkyl halides is 3. The normalized spacial score (nSPS) is 19.9. The first kappa shape index (κ1) is 12.7. The Kier molecular flexibility index (Phi) is 3.45. The van der Waals surface area contributed by atoms with Crippen molar-refractivity contribution in [3.05, 3.63) is 59.8 Å². The molecule has 0 aromatic heterocycles. The molecule has 18 heavy (non-hydrogen) atoms. The third kappa shape index (κ3) is 2.94. The van der Waals surface area contributed by atoms with E-state index in [0.29, 0.717) is 0 Å². The van der Waals surface area contributed by atoms with Crippen molar-refractivity contribution < 1.29 is 13.2 Å². The van der Waals surface area contributed by atoms with Crippen LogP contribution in [0.5, 0.6) is 0 Å². The third-order valence-electron chi connectivity index (χ3n) is 2.81. The molecule has 1 unspecified atom stereocenters. The lowest BCUT2D eigenvalue weighted by molar-refractivity contribution is -0.165. The van der Waals surface area contributed by atoms with Crippen molar-refractivity contribution in [2.24, 2.45) is 0 Å². The Morgan fingerprint density at radius 3 is 2.44 bits per heavy atom. The summed E-state index contributed by atoms with van der Waals surface area (Å²) in [6, 6.07) is 7.62. The van der Waals surface area contributed by atoms with Gasteiger partial charge in [-0.25, -0.2) is 0 Å². The highest BCUT2D eigenvalue weighted by atomic mass is 19.4. The molecule has 1 heterocycles. The lowest BCUT2D eigenvalue weighted by atomic mass is 10.1. The zero-order valence-corrected chi connectivity index (χ0v) is 9.98. The molecule has 96 valence electrons. The Morgan fingerprint density at radius 1 is 1.17 bits per heavy atom. The van der Waals surface area contributed by atoms with Crippen LogP contribution < -0.4 is 0 Å². The second-order valence-corrected chi connectivity index (χ2v) is 4.38. The molecule has 1 nitrogen and oxygen atoms in total. The first-order chi connectivity index (χ1) is 8.47. The minimum Gasteiger partial charge on any atom is -0.358 e. The van der Waals surface area contributed by atoms with Gasteiger partial charge in [0, 0.05) is 12.7 Å². The summed E-state index contributed by atoms with van der Waals surface area (Å²) in [6.45, 7) is 2.05. The van der Waals surface area contributed by atoms with Gasteiger partial charge in [-0.1, -0.05) is 42.5 Å². The van der Waals surface area contributed by atoms with Crippen LogP contribution in [0.4, 0.5) is 13.2 Å². The number of hydrogen-bond acceptors (Lipinski definition) is 1. The molecule has 4 heteroatoms. The summed E-state index contributed by atoms with van der Waals surface area (Å²) in [5.74, 6) is 0.